The van der Waals surface area contributed by atoms with E-state index in [4.69, 9.17) is 18.6 Å². The zero-order chi connectivity index (χ0) is 25.3. The summed E-state index contributed by atoms with van der Waals surface area (Å²) in [5, 5.41) is 23.3. The molecular formula is C26H32O9. The average Bonchev–Trinajstić information content (AvgIpc) is 3.34. The van der Waals surface area contributed by atoms with Crippen LogP contribution in [0.1, 0.15) is 65.5 Å². The summed E-state index contributed by atoms with van der Waals surface area (Å²) in [5.74, 6) is -2.57. The van der Waals surface area contributed by atoms with Crippen molar-refractivity contribution in [1.29, 1.82) is 0 Å². The first-order valence-corrected chi connectivity index (χ1v) is 12.3. The predicted octanol–water partition coefficient (Wildman–Crippen LogP) is 2.09. The summed E-state index contributed by atoms with van der Waals surface area (Å²) in [7, 11) is 0. The Bertz CT molecular complexity index is 1130. The number of carbonyl (C=O) groups excluding carboxylic acids is 3. The van der Waals surface area contributed by atoms with Crippen molar-refractivity contribution in [3.63, 3.8) is 0 Å². The molecule has 35 heavy (non-hydrogen) atoms. The van der Waals surface area contributed by atoms with Gasteiger partial charge in [0.25, 0.3) is 0 Å². The smallest absolute Gasteiger partial charge is 0.339 e. The summed E-state index contributed by atoms with van der Waals surface area (Å²) in [6.45, 7) is 9.01. The van der Waals surface area contributed by atoms with E-state index in [0.717, 1.165) is 0 Å². The Labute approximate surface area is 203 Å². The van der Waals surface area contributed by atoms with E-state index in [9.17, 15) is 24.6 Å². The van der Waals surface area contributed by atoms with Gasteiger partial charge in [0.15, 0.2) is 6.10 Å². The van der Waals surface area contributed by atoms with Crippen LogP contribution in [0.4, 0.5) is 0 Å². The molecule has 0 aromatic carbocycles. The van der Waals surface area contributed by atoms with Crippen LogP contribution in [0.25, 0.3) is 0 Å². The molecule has 0 amide bonds. The third-order valence-corrected chi connectivity index (χ3v) is 10.4. The monoisotopic (exact) mass is 488 g/mol. The average molecular weight is 489 g/mol. The number of ether oxygens (including phenoxy) is 3. The second-order valence-electron chi connectivity index (χ2n) is 12.3. The van der Waals surface area contributed by atoms with Crippen molar-refractivity contribution in [2.75, 3.05) is 0 Å². The van der Waals surface area contributed by atoms with Gasteiger partial charge in [-0.1, -0.05) is 13.8 Å². The number of Topliss-reactive ketones (excluding diaryl/α,β-unsaturated/α-hetero) is 1. The van der Waals surface area contributed by atoms with Gasteiger partial charge >= 0.3 is 11.9 Å². The van der Waals surface area contributed by atoms with E-state index in [0.29, 0.717) is 5.56 Å². The number of aliphatic hydroxyl groups excluding tert-OH is 2. The number of aliphatic hydroxyl groups is 2. The van der Waals surface area contributed by atoms with Crippen LogP contribution in [0.15, 0.2) is 23.0 Å². The molecule has 2 N–H and O–H groups in total. The van der Waals surface area contributed by atoms with Gasteiger partial charge in [0.2, 0.25) is 0 Å². The lowest BCUT2D eigenvalue weighted by molar-refractivity contribution is -0.257. The van der Waals surface area contributed by atoms with Crippen LogP contribution in [0.3, 0.4) is 0 Å². The molecule has 5 aliphatic rings. The Morgan fingerprint density at radius 1 is 1.00 bits per heavy atom. The van der Waals surface area contributed by atoms with Crippen LogP contribution in [0.2, 0.25) is 0 Å². The highest BCUT2D eigenvalue weighted by atomic mass is 16.7. The first-order chi connectivity index (χ1) is 16.2. The maximum atomic E-state index is 14.2. The normalized spacial score (nSPS) is 52.1. The summed E-state index contributed by atoms with van der Waals surface area (Å²) >= 11 is 0. The summed E-state index contributed by atoms with van der Waals surface area (Å²) in [5.41, 5.74) is -4.94. The molecular weight excluding hydrogens is 456 g/mol. The van der Waals surface area contributed by atoms with Crippen LogP contribution in [-0.4, -0.2) is 57.4 Å². The van der Waals surface area contributed by atoms with Gasteiger partial charge in [-0.2, -0.15) is 0 Å². The molecule has 5 fully saturated rings. The molecule has 3 saturated heterocycles. The van der Waals surface area contributed by atoms with Crippen LogP contribution < -0.4 is 0 Å². The Kier molecular flexibility index (Phi) is 4.34. The molecule has 3 aliphatic heterocycles. The van der Waals surface area contributed by atoms with Gasteiger partial charge in [0.05, 0.1) is 36.6 Å². The fourth-order valence-corrected chi connectivity index (χ4v) is 9.05. The molecule has 2 saturated carbocycles. The Balaban J connectivity index is 1.56. The zero-order valence-electron chi connectivity index (χ0n) is 20.6. The van der Waals surface area contributed by atoms with Gasteiger partial charge in [0.1, 0.15) is 23.1 Å². The van der Waals surface area contributed by atoms with Gasteiger partial charge < -0.3 is 28.8 Å². The van der Waals surface area contributed by atoms with Crippen LogP contribution in [0.5, 0.6) is 0 Å². The number of esters is 2. The number of ketones is 1. The summed E-state index contributed by atoms with van der Waals surface area (Å²) in [6.07, 6.45) is -0.973. The second kappa shape index (κ2) is 6.55. The topological polar surface area (TPSA) is 136 Å². The summed E-state index contributed by atoms with van der Waals surface area (Å²) in [6, 6.07) is 1.71. The number of cyclic esters (lactones) is 2. The lowest BCUT2D eigenvalue weighted by Crippen LogP contribution is -2.75. The van der Waals surface area contributed by atoms with Gasteiger partial charge in [-0.3, -0.25) is 9.59 Å². The van der Waals surface area contributed by atoms with Crippen molar-refractivity contribution in [2.24, 2.45) is 28.1 Å². The minimum atomic E-state index is -1.32. The third-order valence-electron chi connectivity index (χ3n) is 10.4. The van der Waals surface area contributed by atoms with E-state index >= 15 is 0 Å². The maximum Gasteiger partial charge on any atom is 0.339 e. The number of hydrogen-bond donors (Lipinski definition) is 2. The van der Waals surface area contributed by atoms with Gasteiger partial charge in [-0.05, 0) is 33.3 Å². The largest absolute Gasteiger partial charge is 0.472 e. The SMILES string of the molecule is CC1(C)OC(=O)C[C@H](O)[C@]2(C)[C@@H]1CC(=O)[C@@]1(C)[C@H]2[C@@H](O)C[C@@]2(C)[C@@H](c3ccoc3)OC(=O)[C@@H]3O[C@]321. The van der Waals surface area contributed by atoms with Crippen LogP contribution in [0, 0.1) is 28.1 Å². The molecule has 0 radical (unpaired) electrons. The highest BCUT2D eigenvalue weighted by molar-refractivity contribution is 5.93. The highest BCUT2D eigenvalue weighted by Crippen LogP contribution is 2.78. The van der Waals surface area contributed by atoms with E-state index in [1.165, 1.54) is 12.5 Å². The van der Waals surface area contributed by atoms with Crippen molar-refractivity contribution in [2.45, 2.75) is 89.5 Å². The summed E-state index contributed by atoms with van der Waals surface area (Å²) < 4.78 is 23.0. The predicted molar refractivity (Wildman–Crippen MR) is 117 cm³/mol. The molecule has 190 valence electrons. The summed E-state index contributed by atoms with van der Waals surface area (Å²) in [4.78, 5) is 39.9. The van der Waals surface area contributed by atoms with Crippen molar-refractivity contribution in [3.05, 3.63) is 24.2 Å². The maximum absolute atomic E-state index is 14.2. The highest BCUT2D eigenvalue weighted by Gasteiger charge is 2.90. The quantitative estimate of drug-likeness (QED) is 0.450. The van der Waals surface area contributed by atoms with Crippen LogP contribution >= 0.6 is 0 Å². The first kappa shape index (κ1) is 23.2. The van der Waals surface area contributed by atoms with E-state index < -0.39 is 75.6 Å². The van der Waals surface area contributed by atoms with E-state index in [-0.39, 0.29) is 25.0 Å². The molecule has 9 heteroatoms. The third kappa shape index (κ3) is 2.42. The van der Waals surface area contributed by atoms with E-state index in [1.807, 2.05) is 13.8 Å². The fourth-order valence-electron chi connectivity index (χ4n) is 9.05. The molecule has 0 unspecified atom stereocenters. The van der Waals surface area contributed by atoms with Gasteiger partial charge in [-0.25, -0.2) is 4.79 Å². The molecule has 2 aliphatic carbocycles. The molecule has 1 aromatic heterocycles. The number of fused-ring (bicyclic) bond motifs is 3. The van der Waals surface area contributed by atoms with Crippen molar-refractivity contribution in [3.8, 4) is 0 Å². The van der Waals surface area contributed by atoms with Crippen molar-refractivity contribution >= 4 is 17.7 Å². The molecule has 6 rings (SSSR count). The molecule has 1 spiro atoms. The van der Waals surface area contributed by atoms with E-state index in [2.05, 4.69) is 0 Å². The molecule has 9 nitrogen and oxygen atoms in total. The Morgan fingerprint density at radius 2 is 1.71 bits per heavy atom. The molecule has 1 aromatic rings. The lowest BCUT2D eigenvalue weighted by Gasteiger charge is -2.67. The van der Waals surface area contributed by atoms with E-state index in [1.54, 1.807) is 26.8 Å². The van der Waals surface area contributed by atoms with Crippen molar-refractivity contribution < 1.29 is 43.2 Å². The molecule has 4 heterocycles. The number of hydrogen-bond acceptors (Lipinski definition) is 9. The number of epoxide rings is 1. The molecule has 0 bridgehead atoms. The number of rotatable bonds is 1. The number of carbonyl (C=O) groups is 3. The second-order valence-corrected chi connectivity index (χ2v) is 12.3. The standard InChI is InChI=1S/C26H32O9/c1-22(2)14-8-16(29)25(5)18(24(14,4)15(28)9-17(30)34-22)13(27)10-23(3)19(12-6-7-32-11-12)33-21(31)20-26(23,25)35-20/h6-7,11,13-15,18-20,27-28H,8-10H2,1-5H3/t13-,14+,15-,18-,19+,20-,23-,24-,25-,26+/m0/s1. The Hall–Kier alpha value is -2.23. The number of furan rings is 1. The Morgan fingerprint density at radius 3 is 2.37 bits per heavy atom. The van der Waals surface area contributed by atoms with Crippen LogP contribution in [-0.2, 0) is 28.6 Å². The lowest BCUT2D eigenvalue weighted by atomic mass is 9.36. The molecule has 10 atom stereocenters. The fraction of sp³-hybridized carbons (Fsp3) is 0.731. The van der Waals surface area contributed by atoms with Crippen molar-refractivity contribution in [1.82, 2.24) is 0 Å². The first-order valence-electron chi connectivity index (χ1n) is 12.3. The zero-order valence-corrected chi connectivity index (χ0v) is 20.6. The minimum Gasteiger partial charge on any atom is -0.472 e. The van der Waals surface area contributed by atoms with Gasteiger partial charge in [0, 0.05) is 34.7 Å². The minimum absolute atomic E-state index is 0.0207. The van der Waals surface area contributed by atoms with Gasteiger partial charge in [-0.15, -0.1) is 0 Å².